The second-order valence-electron chi connectivity index (χ2n) is 19.5. The number of benzene rings is 8. The lowest BCUT2D eigenvalue weighted by atomic mass is 9.91. The first-order chi connectivity index (χ1) is 37.6. The third-order valence-corrected chi connectivity index (χ3v) is 17.5. The first-order valence-corrected chi connectivity index (χ1v) is 27.2. The van der Waals surface area contributed by atoms with Gasteiger partial charge in [0, 0.05) is 79.3 Å². The Morgan fingerprint density at radius 1 is 0.368 bits per heavy atom. The molecule has 0 bridgehead atoms. The highest BCUT2D eigenvalue weighted by atomic mass is 32.1. The fraction of sp³-hybridized carbons (Fsp3) is 0.0299. The van der Waals surface area contributed by atoms with Crippen LogP contribution in [-0.4, -0.2) is 35.5 Å². The predicted octanol–water partition coefficient (Wildman–Crippen LogP) is 17.6. The highest BCUT2D eigenvalue weighted by Crippen LogP contribution is 2.53. The third-order valence-electron chi connectivity index (χ3n) is 15.2. The summed E-state index contributed by atoms with van der Waals surface area (Å²) in [4.78, 5) is 29.7. The van der Waals surface area contributed by atoms with E-state index in [1.165, 1.54) is 45.9 Å². The fourth-order valence-electron chi connectivity index (χ4n) is 11.7. The first kappa shape index (κ1) is 43.0. The summed E-state index contributed by atoms with van der Waals surface area (Å²) in [5.41, 5.74) is 12.5. The number of thiophene rings is 2. The summed E-state index contributed by atoms with van der Waals surface area (Å²) in [5, 5.41) is 7.26. The van der Waals surface area contributed by atoms with E-state index in [0.717, 1.165) is 78.3 Å². The van der Waals surface area contributed by atoms with Crippen LogP contribution < -0.4 is 4.90 Å². The molecule has 76 heavy (non-hydrogen) atoms. The molecule has 2 atom stereocenters. The fourth-order valence-corrected chi connectivity index (χ4v) is 13.9. The Hall–Kier alpha value is -9.41. The third kappa shape index (κ3) is 6.83. The molecule has 7 heterocycles. The van der Waals surface area contributed by atoms with E-state index in [1.807, 2.05) is 65.1 Å². The molecule has 1 aliphatic heterocycles. The van der Waals surface area contributed by atoms with Gasteiger partial charge in [-0.15, -0.1) is 22.7 Å². The number of aromatic nitrogens is 6. The molecular weight excluding hydrogens is 967 g/mol. The van der Waals surface area contributed by atoms with E-state index in [0.29, 0.717) is 17.5 Å². The van der Waals surface area contributed by atoms with E-state index < -0.39 is 0 Å². The summed E-state index contributed by atoms with van der Waals surface area (Å²) < 4.78 is 7.37. The Kier molecular flexibility index (Phi) is 9.67. The molecule has 8 aromatic carbocycles. The number of rotatable bonds is 7. The van der Waals surface area contributed by atoms with E-state index in [9.17, 15) is 0 Å². The average Bonchev–Trinajstić information content (AvgIpc) is 4.33. The molecule has 2 aliphatic rings. The van der Waals surface area contributed by atoms with Gasteiger partial charge in [-0.2, -0.15) is 0 Å². The molecule has 0 fully saturated rings. The van der Waals surface area contributed by atoms with Crippen LogP contribution in [0.2, 0.25) is 0 Å². The van der Waals surface area contributed by atoms with Gasteiger partial charge in [-0.3, -0.25) is 4.57 Å². The average molecular weight is 1010 g/mol. The van der Waals surface area contributed by atoms with Crippen LogP contribution in [0, 0.1) is 0 Å². The van der Waals surface area contributed by atoms with Crippen LogP contribution in [0.3, 0.4) is 0 Å². The van der Waals surface area contributed by atoms with Gasteiger partial charge in [0.15, 0.2) is 5.82 Å². The van der Waals surface area contributed by atoms with Crippen molar-refractivity contribution in [3.05, 3.63) is 242 Å². The molecule has 14 aromatic rings. The molecule has 0 amide bonds. The van der Waals surface area contributed by atoms with E-state index in [4.69, 9.17) is 24.9 Å². The second-order valence-corrected chi connectivity index (χ2v) is 21.7. The van der Waals surface area contributed by atoms with E-state index in [-0.39, 0.29) is 12.0 Å². The molecule has 0 saturated heterocycles. The number of pyridine rings is 1. The van der Waals surface area contributed by atoms with Gasteiger partial charge >= 0.3 is 0 Å². The van der Waals surface area contributed by atoms with Crippen molar-refractivity contribution in [1.82, 2.24) is 29.5 Å². The lowest BCUT2D eigenvalue weighted by Crippen LogP contribution is -2.30. The van der Waals surface area contributed by atoms with Gasteiger partial charge in [-0.1, -0.05) is 176 Å². The molecule has 0 spiro atoms. The van der Waals surface area contributed by atoms with Gasteiger partial charge in [0.05, 0.1) is 45.5 Å². The van der Waals surface area contributed by atoms with Gasteiger partial charge in [0.2, 0.25) is 5.95 Å². The molecule has 9 heteroatoms. The number of fused-ring (bicyclic) bond motifs is 13. The van der Waals surface area contributed by atoms with Crippen molar-refractivity contribution in [3.63, 3.8) is 0 Å². The molecule has 0 saturated carbocycles. The molecule has 1 aliphatic carbocycles. The van der Waals surface area contributed by atoms with Crippen molar-refractivity contribution in [2.45, 2.75) is 12.0 Å². The molecule has 6 aromatic heterocycles. The summed E-state index contributed by atoms with van der Waals surface area (Å²) in [5.74, 6) is 1.99. The Morgan fingerprint density at radius 3 is 1.70 bits per heavy atom. The molecule has 0 N–H and O–H groups in total. The summed E-state index contributed by atoms with van der Waals surface area (Å²) in [6, 6.07) is 75.2. The van der Waals surface area contributed by atoms with Gasteiger partial charge < -0.3 is 4.90 Å². The topological polar surface area (TPSA) is 72.6 Å². The van der Waals surface area contributed by atoms with Crippen LogP contribution in [0.1, 0.15) is 11.5 Å². The number of hydrogen-bond donors (Lipinski definition) is 0. The Balaban J connectivity index is 0.926. The van der Waals surface area contributed by atoms with Gasteiger partial charge in [0.25, 0.3) is 0 Å². The van der Waals surface area contributed by atoms with Crippen molar-refractivity contribution in [2.24, 2.45) is 0 Å². The molecule has 356 valence electrons. The van der Waals surface area contributed by atoms with Crippen LogP contribution >= 0.6 is 22.7 Å². The quantitative estimate of drug-likeness (QED) is 0.158. The number of anilines is 2. The maximum atomic E-state index is 5.67. The SMILES string of the molecule is C1=CC2c3ccc4c5ccccc5n(-c5cccc(-c6nc(-c7ccccc7)cc(-c7ccccc7)n6)n5)c4c3N(c3nc(-c4ccc5c(c4)sc4ccccc45)cc(-c4ccc5sc6ccccc6c5c4)n3)C2C=C1. The maximum Gasteiger partial charge on any atom is 0.231 e. The minimum atomic E-state index is -0.0987. The Bertz CT molecular complexity index is 4690. The van der Waals surface area contributed by atoms with Crippen LogP contribution in [0.4, 0.5) is 11.6 Å². The monoisotopic (exact) mass is 1010 g/mol. The van der Waals surface area contributed by atoms with Crippen molar-refractivity contribution < 1.29 is 0 Å². The molecular formula is C67H41N7S2. The maximum absolute atomic E-state index is 5.67. The zero-order chi connectivity index (χ0) is 49.8. The summed E-state index contributed by atoms with van der Waals surface area (Å²) in [6.45, 7) is 0. The number of hydrogen-bond acceptors (Lipinski definition) is 8. The van der Waals surface area contributed by atoms with E-state index in [1.54, 1.807) is 0 Å². The standard InChI is InChI=1S/C67H41N7S2/c1-3-16-40(17-4-1)53-38-54(41-18-5-2-6-19-41)70-66(69-53)52-24-15-29-63(68-52)73-57-25-11-7-20-44(57)49-33-34-50-45-21-8-12-26-58(45)74(65(50)64(49)73)67-71-55(42-31-35-61-51(36-42)47-23-10-14-28-60(47)75-61)39-56(72-67)43-30-32-48-46-22-9-13-27-59(46)76-62(48)37-43/h1-39,45,58H. The summed E-state index contributed by atoms with van der Waals surface area (Å²) in [7, 11) is 0. The van der Waals surface area contributed by atoms with Crippen molar-refractivity contribution in [3.8, 4) is 62.4 Å². The van der Waals surface area contributed by atoms with Gasteiger partial charge in [0.1, 0.15) is 11.5 Å². The predicted molar refractivity (Wildman–Crippen MR) is 316 cm³/mol. The highest BCUT2D eigenvalue weighted by molar-refractivity contribution is 7.26. The normalized spacial score (nSPS) is 15.0. The van der Waals surface area contributed by atoms with Crippen LogP contribution in [-0.2, 0) is 0 Å². The Morgan fingerprint density at radius 2 is 0.947 bits per heavy atom. The van der Waals surface area contributed by atoms with Gasteiger partial charge in [-0.25, -0.2) is 24.9 Å². The molecule has 0 radical (unpaired) electrons. The largest absolute Gasteiger partial charge is 0.300 e. The van der Waals surface area contributed by atoms with Crippen LogP contribution in [0.5, 0.6) is 0 Å². The number of allylic oxidation sites excluding steroid dienone is 2. The van der Waals surface area contributed by atoms with Crippen LogP contribution in [0.15, 0.2) is 237 Å². The highest BCUT2D eigenvalue weighted by Gasteiger charge is 2.42. The van der Waals surface area contributed by atoms with E-state index in [2.05, 4.69) is 204 Å². The van der Waals surface area contributed by atoms with Crippen molar-refractivity contribution in [2.75, 3.05) is 4.90 Å². The minimum absolute atomic E-state index is 0.0415. The Labute approximate surface area is 444 Å². The lowest BCUT2D eigenvalue weighted by molar-refractivity contribution is 0.730. The molecule has 7 nitrogen and oxygen atoms in total. The number of nitrogens with zero attached hydrogens (tertiary/aromatic N) is 7. The van der Waals surface area contributed by atoms with Crippen LogP contribution in [0.25, 0.3) is 125 Å². The summed E-state index contributed by atoms with van der Waals surface area (Å²) >= 11 is 3.65. The summed E-state index contributed by atoms with van der Waals surface area (Å²) in [6.07, 6.45) is 8.99. The zero-order valence-electron chi connectivity index (χ0n) is 40.6. The zero-order valence-corrected chi connectivity index (χ0v) is 42.3. The molecule has 16 rings (SSSR count). The lowest BCUT2D eigenvalue weighted by Gasteiger charge is -2.28. The smallest absolute Gasteiger partial charge is 0.231 e. The minimum Gasteiger partial charge on any atom is -0.300 e. The first-order valence-electron chi connectivity index (χ1n) is 25.6. The second kappa shape index (κ2) is 17.1. The van der Waals surface area contributed by atoms with E-state index >= 15 is 0 Å². The van der Waals surface area contributed by atoms with Crippen molar-refractivity contribution >= 4 is 96.5 Å². The number of para-hydroxylation sites is 1. The van der Waals surface area contributed by atoms with Gasteiger partial charge in [-0.05, 0) is 66.2 Å². The van der Waals surface area contributed by atoms with Crippen molar-refractivity contribution in [1.29, 1.82) is 0 Å². The molecule has 2 unspecified atom stereocenters.